The molecule has 128 valence electrons. The number of nitrogens with zero attached hydrogens (tertiary/aromatic N) is 4. The molecule has 7 heteroatoms. The first kappa shape index (κ1) is 16.6. The number of amides is 1. The van der Waals surface area contributed by atoms with Gasteiger partial charge < -0.3 is 10.1 Å². The minimum absolute atomic E-state index is 0.0389. The molecule has 7 nitrogen and oxygen atoms in total. The highest BCUT2D eigenvalue weighted by atomic mass is 16.5. The number of aromatic nitrogens is 4. The number of carbonyl (C=O) groups is 1. The lowest BCUT2D eigenvalue weighted by Crippen LogP contribution is -2.29. The molecule has 3 rings (SSSR count). The van der Waals surface area contributed by atoms with Gasteiger partial charge in [-0.2, -0.15) is 0 Å². The van der Waals surface area contributed by atoms with Crippen molar-refractivity contribution in [1.82, 2.24) is 25.5 Å². The highest BCUT2D eigenvalue weighted by Crippen LogP contribution is 2.12. The zero-order valence-electron chi connectivity index (χ0n) is 13.9. The van der Waals surface area contributed by atoms with Gasteiger partial charge in [-0.25, -0.2) is 4.68 Å². The number of nitrogens with one attached hydrogen (secondary N) is 1. The Hall–Kier alpha value is -3.22. The molecule has 0 fully saturated rings. The summed E-state index contributed by atoms with van der Waals surface area (Å²) in [5.74, 6) is 0.774. The molecular weight excluding hydrogens is 318 g/mol. The second-order valence-corrected chi connectivity index (χ2v) is 5.61. The predicted octanol–water partition coefficient (Wildman–Crippen LogP) is 1.71. The lowest BCUT2D eigenvalue weighted by molar-refractivity contribution is -0.120. The number of rotatable bonds is 7. The van der Waals surface area contributed by atoms with Crippen LogP contribution in [0.15, 0.2) is 54.9 Å². The average molecular weight is 337 g/mol. The summed E-state index contributed by atoms with van der Waals surface area (Å²) < 4.78 is 7.17. The Morgan fingerprint density at radius 3 is 2.76 bits per heavy atom. The molecule has 0 spiro atoms. The van der Waals surface area contributed by atoms with Gasteiger partial charge in [0.25, 0.3) is 0 Å². The van der Waals surface area contributed by atoms with Gasteiger partial charge in [0.1, 0.15) is 18.7 Å². The summed E-state index contributed by atoms with van der Waals surface area (Å²) in [5, 5.41) is 13.9. The van der Waals surface area contributed by atoms with Crippen molar-refractivity contribution in [3.8, 4) is 11.4 Å². The van der Waals surface area contributed by atoms with E-state index in [9.17, 15) is 4.79 Å². The number of carbonyl (C=O) groups excluding carboxylic acids is 1. The Morgan fingerprint density at radius 2 is 2.04 bits per heavy atom. The Bertz CT molecular complexity index is 816. The van der Waals surface area contributed by atoms with Crippen LogP contribution >= 0.6 is 0 Å². The molecule has 0 radical (unpaired) electrons. The number of ether oxygens (including phenoxy) is 1. The van der Waals surface area contributed by atoms with Gasteiger partial charge in [0, 0.05) is 0 Å². The molecular formula is C18H19N5O2. The summed E-state index contributed by atoms with van der Waals surface area (Å²) in [7, 11) is 0. The normalized spacial score (nSPS) is 10.4. The molecule has 0 aliphatic rings. The molecule has 25 heavy (non-hydrogen) atoms. The van der Waals surface area contributed by atoms with Gasteiger partial charge in [-0.3, -0.25) is 4.79 Å². The third kappa shape index (κ3) is 4.87. The minimum Gasteiger partial charge on any atom is -0.492 e. The van der Waals surface area contributed by atoms with Crippen LogP contribution in [0, 0.1) is 6.92 Å². The van der Waals surface area contributed by atoms with E-state index in [4.69, 9.17) is 4.74 Å². The maximum atomic E-state index is 12.0. The summed E-state index contributed by atoms with van der Waals surface area (Å²) in [5.41, 5.74) is 2.92. The summed E-state index contributed by atoms with van der Waals surface area (Å²) in [6.07, 6.45) is 1.84. The van der Waals surface area contributed by atoms with Crippen LogP contribution in [0.1, 0.15) is 11.1 Å². The highest BCUT2D eigenvalue weighted by Gasteiger charge is 2.04. The summed E-state index contributed by atoms with van der Waals surface area (Å²) in [4.78, 5) is 12.0. The van der Waals surface area contributed by atoms with Gasteiger partial charge in [-0.15, -0.1) is 5.10 Å². The molecule has 2 aromatic carbocycles. The Labute approximate surface area is 145 Å². The predicted molar refractivity (Wildman–Crippen MR) is 92.5 cm³/mol. The third-order valence-electron chi connectivity index (χ3n) is 3.60. The van der Waals surface area contributed by atoms with Crippen molar-refractivity contribution < 1.29 is 9.53 Å². The SMILES string of the molecule is Cc1cccc(OCCNC(=O)Cc2ccc(-n3cnnn3)cc2)c1. The molecule has 0 aliphatic carbocycles. The van der Waals surface area contributed by atoms with Crippen molar-refractivity contribution in [2.75, 3.05) is 13.2 Å². The maximum Gasteiger partial charge on any atom is 0.224 e. The topological polar surface area (TPSA) is 81.9 Å². The third-order valence-corrected chi connectivity index (χ3v) is 3.60. The van der Waals surface area contributed by atoms with Crippen molar-refractivity contribution in [1.29, 1.82) is 0 Å². The highest BCUT2D eigenvalue weighted by molar-refractivity contribution is 5.78. The molecule has 0 saturated carbocycles. The molecule has 1 N–H and O–H groups in total. The van der Waals surface area contributed by atoms with Gasteiger partial charge in [0.05, 0.1) is 18.7 Å². The van der Waals surface area contributed by atoms with E-state index in [2.05, 4.69) is 20.8 Å². The second-order valence-electron chi connectivity index (χ2n) is 5.61. The van der Waals surface area contributed by atoms with E-state index in [0.717, 1.165) is 22.6 Å². The van der Waals surface area contributed by atoms with E-state index in [1.54, 1.807) is 4.68 Å². The van der Waals surface area contributed by atoms with E-state index >= 15 is 0 Å². The van der Waals surface area contributed by atoms with Crippen LogP contribution < -0.4 is 10.1 Å². The van der Waals surface area contributed by atoms with Gasteiger partial charge in [-0.1, -0.05) is 24.3 Å². The maximum absolute atomic E-state index is 12.0. The molecule has 3 aromatic rings. The number of aryl methyl sites for hydroxylation is 1. The average Bonchev–Trinajstić information content (AvgIpc) is 3.14. The Balaban J connectivity index is 1.41. The van der Waals surface area contributed by atoms with Crippen molar-refractivity contribution in [3.05, 3.63) is 66.0 Å². The van der Waals surface area contributed by atoms with Crippen molar-refractivity contribution in [2.24, 2.45) is 0 Å². The first-order valence-corrected chi connectivity index (χ1v) is 7.99. The van der Waals surface area contributed by atoms with E-state index in [1.807, 2.05) is 55.5 Å². The minimum atomic E-state index is -0.0389. The number of hydrogen-bond donors (Lipinski definition) is 1. The molecule has 0 saturated heterocycles. The second kappa shape index (κ2) is 8.05. The fraction of sp³-hybridized carbons (Fsp3) is 0.222. The number of tetrazole rings is 1. The summed E-state index contributed by atoms with van der Waals surface area (Å²) >= 11 is 0. The van der Waals surface area contributed by atoms with Crippen LogP contribution in [-0.2, 0) is 11.2 Å². The summed E-state index contributed by atoms with van der Waals surface area (Å²) in [6.45, 7) is 2.92. The number of benzene rings is 2. The van der Waals surface area contributed by atoms with Crippen molar-refractivity contribution in [2.45, 2.75) is 13.3 Å². The van der Waals surface area contributed by atoms with E-state index < -0.39 is 0 Å². The van der Waals surface area contributed by atoms with Crippen LogP contribution in [-0.4, -0.2) is 39.3 Å². The van der Waals surface area contributed by atoms with Gasteiger partial charge in [0.15, 0.2) is 0 Å². The molecule has 0 bridgehead atoms. The van der Waals surface area contributed by atoms with Crippen LogP contribution in [0.25, 0.3) is 5.69 Å². The van der Waals surface area contributed by atoms with E-state index in [-0.39, 0.29) is 5.91 Å². The zero-order valence-corrected chi connectivity index (χ0v) is 13.9. The molecule has 0 unspecified atom stereocenters. The molecule has 1 heterocycles. The van der Waals surface area contributed by atoms with Crippen LogP contribution in [0.5, 0.6) is 5.75 Å². The number of hydrogen-bond acceptors (Lipinski definition) is 5. The largest absolute Gasteiger partial charge is 0.492 e. The molecule has 0 aliphatic heterocycles. The Morgan fingerprint density at radius 1 is 1.20 bits per heavy atom. The molecule has 0 atom stereocenters. The van der Waals surface area contributed by atoms with Gasteiger partial charge >= 0.3 is 0 Å². The smallest absolute Gasteiger partial charge is 0.224 e. The van der Waals surface area contributed by atoms with Crippen LogP contribution in [0.2, 0.25) is 0 Å². The molecule has 1 aromatic heterocycles. The first-order chi connectivity index (χ1) is 12.2. The van der Waals surface area contributed by atoms with E-state index in [1.165, 1.54) is 6.33 Å². The lowest BCUT2D eigenvalue weighted by Gasteiger charge is -2.08. The fourth-order valence-corrected chi connectivity index (χ4v) is 2.36. The first-order valence-electron chi connectivity index (χ1n) is 7.99. The van der Waals surface area contributed by atoms with E-state index in [0.29, 0.717) is 19.6 Å². The zero-order chi connectivity index (χ0) is 17.5. The summed E-state index contributed by atoms with van der Waals surface area (Å²) in [6, 6.07) is 15.4. The van der Waals surface area contributed by atoms with Crippen molar-refractivity contribution >= 4 is 5.91 Å². The quantitative estimate of drug-likeness (QED) is 0.664. The molecule has 1 amide bonds. The van der Waals surface area contributed by atoms with Crippen LogP contribution in [0.4, 0.5) is 0 Å². The monoisotopic (exact) mass is 337 g/mol. The van der Waals surface area contributed by atoms with Gasteiger partial charge in [-0.05, 0) is 52.7 Å². The fourth-order valence-electron chi connectivity index (χ4n) is 2.36. The van der Waals surface area contributed by atoms with Gasteiger partial charge in [0.2, 0.25) is 5.91 Å². The lowest BCUT2D eigenvalue weighted by atomic mass is 10.1. The van der Waals surface area contributed by atoms with Crippen molar-refractivity contribution in [3.63, 3.8) is 0 Å². The Kier molecular flexibility index (Phi) is 5.36. The standard InChI is InChI=1S/C18H19N5O2/c1-14-3-2-4-17(11-14)25-10-9-19-18(24)12-15-5-7-16(8-6-15)23-13-20-21-22-23/h2-8,11,13H,9-10,12H2,1H3,(H,19,24). The van der Waals surface area contributed by atoms with Crippen LogP contribution in [0.3, 0.4) is 0 Å².